The van der Waals surface area contributed by atoms with Gasteiger partial charge in [-0.15, -0.1) is 0 Å². The third-order valence-corrected chi connectivity index (χ3v) is 4.28. The van der Waals surface area contributed by atoms with Crippen molar-refractivity contribution in [1.29, 1.82) is 0 Å². The highest BCUT2D eigenvalue weighted by molar-refractivity contribution is 5.89. The molecule has 0 radical (unpaired) electrons. The van der Waals surface area contributed by atoms with Gasteiger partial charge in [0.25, 0.3) is 0 Å². The van der Waals surface area contributed by atoms with Crippen molar-refractivity contribution in [1.82, 2.24) is 5.32 Å². The molecule has 126 valence electrons. The van der Waals surface area contributed by atoms with Crippen molar-refractivity contribution >= 4 is 11.7 Å². The van der Waals surface area contributed by atoms with Gasteiger partial charge in [-0.3, -0.25) is 0 Å². The van der Waals surface area contributed by atoms with Crippen LogP contribution in [0.25, 0.3) is 0 Å². The van der Waals surface area contributed by atoms with E-state index in [1.54, 1.807) is 12.1 Å². The summed E-state index contributed by atoms with van der Waals surface area (Å²) in [6.45, 7) is 1.14. The van der Waals surface area contributed by atoms with E-state index in [9.17, 15) is 9.90 Å². The molecule has 2 aromatic carbocycles. The zero-order valence-corrected chi connectivity index (χ0v) is 13.5. The molecule has 0 heterocycles. The molecule has 5 nitrogen and oxygen atoms in total. The fraction of sp³-hybridized carbons (Fsp3) is 0.316. The number of urea groups is 1. The number of carbonyl (C=O) groups excluding carboxylic acids is 1. The minimum absolute atomic E-state index is 0.0908. The smallest absolute Gasteiger partial charge is 0.319 e. The van der Waals surface area contributed by atoms with Crippen LogP contribution >= 0.6 is 0 Å². The number of hydrogen-bond acceptors (Lipinski definition) is 3. The van der Waals surface area contributed by atoms with Gasteiger partial charge in [0.05, 0.1) is 6.61 Å². The Morgan fingerprint density at radius 2 is 1.79 bits per heavy atom. The largest absolute Gasteiger partial charge is 0.489 e. The molecule has 3 N–H and O–H groups in total. The molecule has 24 heavy (non-hydrogen) atoms. The number of amides is 2. The topological polar surface area (TPSA) is 70.6 Å². The fourth-order valence-electron chi connectivity index (χ4n) is 2.39. The van der Waals surface area contributed by atoms with E-state index < -0.39 is 0 Å². The van der Waals surface area contributed by atoms with E-state index in [2.05, 4.69) is 10.6 Å². The maximum absolute atomic E-state index is 11.9. The quantitative estimate of drug-likeness (QED) is 0.732. The number of hydrogen-bond donors (Lipinski definition) is 3. The highest BCUT2D eigenvalue weighted by Gasteiger charge is 2.42. The van der Waals surface area contributed by atoms with Crippen molar-refractivity contribution in [3.63, 3.8) is 0 Å². The highest BCUT2D eigenvalue weighted by atomic mass is 16.5. The standard InChI is InChI=1S/C19H22N2O3/c22-14-19(10-11-19)13-20-18(23)21-16-6-8-17(9-7-16)24-12-15-4-2-1-3-5-15/h1-9,22H,10-14H2,(H2,20,21,23). The molecule has 5 heteroatoms. The van der Waals surface area contributed by atoms with Gasteiger partial charge < -0.3 is 20.5 Å². The Labute approximate surface area is 141 Å². The SMILES string of the molecule is O=C(NCC1(CO)CC1)Nc1ccc(OCc2ccccc2)cc1. The van der Waals surface area contributed by atoms with Gasteiger partial charge in [0.2, 0.25) is 0 Å². The summed E-state index contributed by atoms with van der Waals surface area (Å²) in [5, 5.41) is 14.8. The number of aliphatic hydroxyl groups is 1. The number of anilines is 1. The molecular formula is C19H22N2O3. The molecule has 0 aliphatic heterocycles. The number of nitrogens with one attached hydrogen (secondary N) is 2. The average Bonchev–Trinajstić information content (AvgIpc) is 3.41. The summed E-state index contributed by atoms with van der Waals surface area (Å²) in [6, 6.07) is 17.0. The van der Waals surface area contributed by atoms with Crippen LogP contribution < -0.4 is 15.4 Å². The predicted molar refractivity (Wildman–Crippen MR) is 93.0 cm³/mol. The number of carbonyl (C=O) groups is 1. The van der Waals surface area contributed by atoms with Gasteiger partial charge in [-0.25, -0.2) is 4.79 Å². The van der Waals surface area contributed by atoms with Gasteiger partial charge in [-0.05, 0) is 42.7 Å². The fourth-order valence-corrected chi connectivity index (χ4v) is 2.39. The first-order valence-electron chi connectivity index (χ1n) is 8.12. The molecule has 1 saturated carbocycles. The van der Waals surface area contributed by atoms with Crippen LogP contribution in [0.1, 0.15) is 18.4 Å². The molecule has 0 unspecified atom stereocenters. The predicted octanol–water partition coefficient (Wildman–Crippen LogP) is 3.16. The van der Waals surface area contributed by atoms with E-state index in [0.29, 0.717) is 18.8 Å². The zero-order chi connectivity index (χ0) is 16.8. The number of benzene rings is 2. The lowest BCUT2D eigenvalue weighted by Crippen LogP contribution is -2.35. The van der Waals surface area contributed by atoms with Crippen molar-refractivity contribution in [3.05, 3.63) is 60.2 Å². The van der Waals surface area contributed by atoms with Crippen LogP contribution in [0.15, 0.2) is 54.6 Å². The van der Waals surface area contributed by atoms with Crippen LogP contribution in [-0.2, 0) is 6.61 Å². The molecule has 0 bridgehead atoms. The van der Waals surface area contributed by atoms with Crippen LogP contribution in [0.2, 0.25) is 0 Å². The van der Waals surface area contributed by atoms with Crippen molar-refractivity contribution < 1.29 is 14.6 Å². The summed E-state index contributed by atoms with van der Waals surface area (Å²) in [7, 11) is 0. The first-order valence-corrected chi connectivity index (χ1v) is 8.12. The molecule has 3 rings (SSSR count). The third-order valence-electron chi connectivity index (χ3n) is 4.28. The third kappa shape index (κ3) is 4.49. The second-order valence-electron chi connectivity index (χ2n) is 6.26. The van der Waals surface area contributed by atoms with Crippen molar-refractivity contribution in [2.75, 3.05) is 18.5 Å². The second kappa shape index (κ2) is 7.36. The van der Waals surface area contributed by atoms with Crippen molar-refractivity contribution in [2.45, 2.75) is 19.4 Å². The maximum Gasteiger partial charge on any atom is 0.319 e. The molecule has 0 aromatic heterocycles. The molecule has 1 aliphatic rings. The van der Waals surface area contributed by atoms with Crippen molar-refractivity contribution in [2.24, 2.45) is 5.41 Å². The van der Waals surface area contributed by atoms with Gasteiger partial charge in [0.1, 0.15) is 12.4 Å². The molecule has 2 aromatic rings. The van der Waals surface area contributed by atoms with Crippen molar-refractivity contribution in [3.8, 4) is 5.75 Å². The van der Waals surface area contributed by atoms with E-state index in [-0.39, 0.29) is 18.1 Å². The van der Waals surface area contributed by atoms with Crippen LogP contribution in [0.4, 0.5) is 10.5 Å². The van der Waals surface area contributed by atoms with E-state index in [1.165, 1.54) is 0 Å². The molecule has 1 aliphatic carbocycles. The number of aliphatic hydroxyl groups excluding tert-OH is 1. The Hall–Kier alpha value is -2.53. The Morgan fingerprint density at radius 1 is 1.08 bits per heavy atom. The van der Waals surface area contributed by atoms with Gasteiger partial charge in [-0.1, -0.05) is 30.3 Å². The average molecular weight is 326 g/mol. The van der Waals surface area contributed by atoms with E-state index in [1.807, 2.05) is 42.5 Å². The lowest BCUT2D eigenvalue weighted by molar-refractivity contribution is 0.206. The lowest BCUT2D eigenvalue weighted by atomic mass is 10.1. The molecule has 0 saturated heterocycles. The Bertz CT molecular complexity index is 667. The van der Waals surface area contributed by atoms with Gasteiger partial charge in [0.15, 0.2) is 0 Å². The zero-order valence-electron chi connectivity index (χ0n) is 13.5. The highest BCUT2D eigenvalue weighted by Crippen LogP contribution is 2.44. The molecule has 0 atom stereocenters. The van der Waals surface area contributed by atoms with Gasteiger partial charge >= 0.3 is 6.03 Å². The molecular weight excluding hydrogens is 304 g/mol. The number of rotatable bonds is 7. The van der Waals surface area contributed by atoms with E-state index in [0.717, 1.165) is 24.2 Å². The Balaban J connectivity index is 1.44. The summed E-state index contributed by atoms with van der Waals surface area (Å²) >= 11 is 0. The monoisotopic (exact) mass is 326 g/mol. The Morgan fingerprint density at radius 3 is 2.42 bits per heavy atom. The minimum Gasteiger partial charge on any atom is -0.489 e. The summed E-state index contributed by atoms with van der Waals surface area (Å²) in [6.07, 6.45) is 1.94. The molecule has 0 spiro atoms. The van der Waals surface area contributed by atoms with E-state index >= 15 is 0 Å². The summed E-state index contributed by atoms with van der Waals surface area (Å²) in [4.78, 5) is 11.9. The normalized spacial score (nSPS) is 14.7. The molecule has 1 fully saturated rings. The maximum atomic E-state index is 11.9. The Kier molecular flexibility index (Phi) is 5.01. The summed E-state index contributed by atoms with van der Waals surface area (Å²) in [5.74, 6) is 0.752. The first kappa shape index (κ1) is 16.3. The first-order chi connectivity index (χ1) is 11.7. The number of ether oxygens (including phenoxy) is 1. The molecule has 2 amide bonds. The van der Waals surface area contributed by atoms with E-state index in [4.69, 9.17) is 4.74 Å². The lowest BCUT2D eigenvalue weighted by Gasteiger charge is -2.13. The summed E-state index contributed by atoms with van der Waals surface area (Å²) < 4.78 is 5.71. The van der Waals surface area contributed by atoms with Crippen LogP contribution in [0.5, 0.6) is 5.75 Å². The second-order valence-corrected chi connectivity index (χ2v) is 6.26. The van der Waals surface area contributed by atoms with Crippen LogP contribution in [0.3, 0.4) is 0 Å². The van der Waals surface area contributed by atoms with Crippen LogP contribution in [0, 0.1) is 5.41 Å². The van der Waals surface area contributed by atoms with Gasteiger partial charge in [-0.2, -0.15) is 0 Å². The van der Waals surface area contributed by atoms with Crippen LogP contribution in [-0.4, -0.2) is 24.3 Å². The van der Waals surface area contributed by atoms with Gasteiger partial charge in [0, 0.05) is 17.6 Å². The minimum atomic E-state index is -0.257. The summed E-state index contributed by atoms with van der Waals surface area (Å²) in [5.41, 5.74) is 1.72.